The van der Waals surface area contributed by atoms with E-state index in [4.69, 9.17) is 11.2 Å². The highest BCUT2D eigenvalue weighted by Gasteiger charge is 2.24. The summed E-state index contributed by atoms with van der Waals surface area (Å²) in [5.74, 6) is 6.34. The first-order valence-electron chi connectivity index (χ1n) is 12.3. The average molecular weight is 413 g/mol. The van der Waals surface area contributed by atoms with E-state index in [1.54, 1.807) is 0 Å². The number of aryl methyl sites for hydroxylation is 2. The molecular weight excluding hydrogens is 364 g/mol. The molecule has 0 N–H and O–H groups in total. The van der Waals surface area contributed by atoms with Crippen molar-refractivity contribution >= 4 is 0 Å². The quantitative estimate of drug-likeness (QED) is 0.277. The normalized spacial score (nSPS) is 15.5. The van der Waals surface area contributed by atoms with E-state index < -0.39 is 5.60 Å². The van der Waals surface area contributed by atoms with Crippen LogP contribution in [0, 0.1) is 50.9 Å². The van der Waals surface area contributed by atoms with Crippen LogP contribution in [0.5, 0.6) is 5.75 Å². The summed E-state index contributed by atoms with van der Waals surface area (Å²) in [6.45, 7) is 17.9. The Morgan fingerprint density at radius 2 is 1.40 bits per heavy atom. The molecule has 0 heterocycles. The van der Waals surface area contributed by atoms with Crippen molar-refractivity contribution in [3.63, 3.8) is 0 Å². The van der Waals surface area contributed by atoms with Crippen molar-refractivity contribution in [1.82, 2.24) is 0 Å². The summed E-state index contributed by atoms with van der Waals surface area (Å²) < 4.78 is 6.36. The van der Waals surface area contributed by atoms with Crippen LogP contribution in [0.1, 0.15) is 109 Å². The molecule has 0 saturated heterocycles. The third kappa shape index (κ3) is 10.1. The van der Waals surface area contributed by atoms with Gasteiger partial charge in [-0.05, 0) is 81.0 Å². The highest BCUT2D eigenvalue weighted by atomic mass is 16.5. The molecule has 0 aliphatic carbocycles. The first-order chi connectivity index (χ1) is 14.1. The van der Waals surface area contributed by atoms with Gasteiger partial charge in [-0.1, -0.05) is 84.6 Å². The van der Waals surface area contributed by atoms with E-state index in [0.29, 0.717) is 0 Å². The van der Waals surface area contributed by atoms with Crippen molar-refractivity contribution in [2.45, 2.75) is 119 Å². The predicted molar refractivity (Wildman–Crippen MR) is 133 cm³/mol. The SMILES string of the molecule is C#C[C@@](C)(CCCC(C)CCCC(C)CCCC(C)C)Oc1cc(C)cc(C)c1C. The minimum Gasteiger partial charge on any atom is -0.475 e. The summed E-state index contributed by atoms with van der Waals surface area (Å²) in [7, 11) is 0. The molecule has 0 bridgehead atoms. The Morgan fingerprint density at radius 3 is 1.93 bits per heavy atom. The molecule has 0 amide bonds. The fourth-order valence-corrected chi connectivity index (χ4v) is 4.27. The molecule has 3 atom stereocenters. The highest BCUT2D eigenvalue weighted by molar-refractivity contribution is 5.42. The van der Waals surface area contributed by atoms with Crippen LogP contribution in [0.25, 0.3) is 0 Å². The van der Waals surface area contributed by atoms with E-state index in [-0.39, 0.29) is 0 Å². The van der Waals surface area contributed by atoms with Gasteiger partial charge in [0.05, 0.1) is 0 Å². The molecule has 0 aromatic heterocycles. The van der Waals surface area contributed by atoms with Crippen molar-refractivity contribution < 1.29 is 4.74 Å². The van der Waals surface area contributed by atoms with Gasteiger partial charge in [-0.25, -0.2) is 0 Å². The fourth-order valence-electron chi connectivity index (χ4n) is 4.27. The van der Waals surface area contributed by atoms with Gasteiger partial charge in [0, 0.05) is 0 Å². The second-order valence-corrected chi connectivity index (χ2v) is 10.5. The van der Waals surface area contributed by atoms with Gasteiger partial charge >= 0.3 is 0 Å². The fraction of sp³-hybridized carbons (Fsp3) is 0.724. The van der Waals surface area contributed by atoms with Crippen molar-refractivity contribution in [2.75, 3.05) is 0 Å². The van der Waals surface area contributed by atoms with Crippen LogP contribution in [0.2, 0.25) is 0 Å². The maximum Gasteiger partial charge on any atom is 0.166 e. The molecule has 0 radical (unpaired) electrons. The zero-order valence-corrected chi connectivity index (χ0v) is 21.2. The molecule has 1 nitrogen and oxygen atoms in total. The Labute approximate surface area is 188 Å². The van der Waals surface area contributed by atoms with E-state index in [1.165, 1.54) is 61.6 Å². The zero-order chi connectivity index (χ0) is 22.7. The van der Waals surface area contributed by atoms with Gasteiger partial charge in [-0.3, -0.25) is 0 Å². The van der Waals surface area contributed by atoms with Gasteiger partial charge < -0.3 is 4.74 Å². The third-order valence-corrected chi connectivity index (χ3v) is 6.63. The highest BCUT2D eigenvalue weighted by Crippen LogP contribution is 2.30. The zero-order valence-electron chi connectivity index (χ0n) is 21.2. The van der Waals surface area contributed by atoms with Crippen LogP contribution < -0.4 is 4.74 Å². The number of ether oxygens (including phenoxy) is 1. The molecular formula is C29H48O. The van der Waals surface area contributed by atoms with Crippen LogP contribution in [-0.2, 0) is 0 Å². The van der Waals surface area contributed by atoms with Gasteiger partial charge in [-0.2, -0.15) is 0 Å². The Morgan fingerprint density at radius 1 is 0.867 bits per heavy atom. The van der Waals surface area contributed by atoms with Gasteiger partial charge in [0.25, 0.3) is 0 Å². The average Bonchev–Trinajstić information content (AvgIpc) is 2.65. The third-order valence-electron chi connectivity index (χ3n) is 6.63. The van der Waals surface area contributed by atoms with Crippen molar-refractivity contribution in [3.8, 4) is 18.1 Å². The lowest BCUT2D eigenvalue weighted by molar-refractivity contribution is 0.134. The molecule has 1 rings (SSSR count). The molecule has 0 aliphatic heterocycles. The lowest BCUT2D eigenvalue weighted by Gasteiger charge is -2.27. The molecule has 1 aromatic carbocycles. The van der Waals surface area contributed by atoms with Crippen molar-refractivity contribution in [3.05, 3.63) is 28.8 Å². The van der Waals surface area contributed by atoms with Crippen molar-refractivity contribution in [1.29, 1.82) is 0 Å². The number of benzene rings is 1. The minimum atomic E-state index is -0.532. The molecule has 0 saturated carbocycles. The Balaban J connectivity index is 2.37. The lowest BCUT2D eigenvalue weighted by Crippen LogP contribution is -2.31. The van der Waals surface area contributed by atoms with Gasteiger partial charge in [-0.15, -0.1) is 6.42 Å². The maximum atomic E-state index is 6.36. The monoisotopic (exact) mass is 412 g/mol. The maximum absolute atomic E-state index is 6.36. The lowest BCUT2D eigenvalue weighted by atomic mass is 9.90. The molecule has 2 unspecified atom stereocenters. The van der Waals surface area contributed by atoms with Gasteiger partial charge in [0.1, 0.15) is 5.75 Å². The second-order valence-electron chi connectivity index (χ2n) is 10.5. The van der Waals surface area contributed by atoms with Gasteiger partial charge in [0.15, 0.2) is 5.60 Å². The summed E-state index contributed by atoms with van der Waals surface area (Å²) in [5, 5.41) is 0. The number of rotatable bonds is 14. The summed E-state index contributed by atoms with van der Waals surface area (Å²) in [4.78, 5) is 0. The van der Waals surface area contributed by atoms with Crippen LogP contribution in [0.3, 0.4) is 0 Å². The summed E-state index contributed by atoms with van der Waals surface area (Å²) in [5.41, 5.74) is 3.14. The standard InChI is InChI=1S/C29H48O/c1-10-29(9,30-28-21-25(6)20-26(7)27(28)8)19-13-18-24(5)17-12-16-23(4)15-11-14-22(2)3/h1,20-24H,11-19H2,2-9H3/t23?,24?,29-/m0/s1. The van der Waals surface area contributed by atoms with Crippen LogP contribution in [-0.4, -0.2) is 5.60 Å². The molecule has 1 heteroatoms. The smallest absolute Gasteiger partial charge is 0.166 e. The molecule has 170 valence electrons. The van der Waals surface area contributed by atoms with Crippen LogP contribution >= 0.6 is 0 Å². The Bertz CT molecular complexity index is 666. The first kappa shape index (κ1) is 26.6. The van der Waals surface area contributed by atoms with Gasteiger partial charge in [0.2, 0.25) is 0 Å². The largest absolute Gasteiger partial charge is 0.475 e. The van der Waals surface area contributed by atoms with E-state index >= 15 is 0 Å². The van der Waals surface area contributed by atoms with Crippen molar-refractivity contribution in [2.24, 2.45) is 17.8 Å². The molecule has 0 aliphatic rings. The number of hydrogen-bond acceptors (Lipinski definition) is 1. The second kappa shape index (κ2) is 13.1. The Hall–Kier alpha value is -1.42. The summed E-state index contributed by atoms with van der Waals surface area (Å²) in [6.07, 6.45) is 17.4. The molecule has 0 spiro atoms. The van der Waals surface area contributed by atoms with E-state index in [9.17, 15) is 0 Å². The summed E-state index contributed by atoms with van der Waals surface area (Å²) >= 11 is 0. The van der Waals surface area contributed by atoms with Crippen LogP contribution in [0.4, 0.5) is 0 Å². The van der Waals surface area contributed by atoms with Crippen LogP contribution in [0.15, 0.2) is 12.1 Å². The molecule has 30 heavy (non-hydrogen) atoms. The minimum absolute atomic E-state index is 0.532. The molecule has 1 aromatic rings. The van der Waals surface area contributed by atoms with E-state index in [2.05, 4.69) is 73.4 Å². The Kier molecular flexibility index (Phi) is 11.6. The predicted octanol–water partition coefficient (Wildman–Crippen LogP) is 8.82. The molecule has 0 fully saturated rings. The topological polar surface area (TPSA) is 9.23 Å². The number of terminal acetylenes is 1. The van der Waals surface area contributed by atoms with E-state index in [1.807, 2.05) is 0 Å². The first-order valence-corrected chi connectivity index (χ1v) is 12.3. The number of hydrogen-bond donors (Lipinski definition) is 0. The van der Waals surface area contributed by atoms with E-state index in [0.717, 1.165) is 36.3 Å². The summed E-state index contributed by atoms with van der Waals surface area (Å²) in [6, 6.07) is 4.31.